The van der Waals surface area contributed by atoms with Crippen LogP contribution in [0.15, 0.2) is 48.5 Å². The van der Waals surface area contributed by atoms with E-state index in [0.29, 0.717) is 5.56 Å². The minimum absolute atomic E-state index is 0.0347. The van der Waals surface area contributed by atoms with E-state index in [1.54, 1.807) is 0 Å². The normalized spacial score (nSPS) is 24.5. The Bertz CT molecular complexity index is 1180. The second-order valence-corrected chi connectivity index (χ2v) is 10.8. The van der Waals surface area contributed by atoms with Gasteiger partial charge in [0.1, 0.15) is 6.61 Å². The Morgan fingerprint density at radius 2 is 1.80 bits per heavy atom. The number of carbonyl (C=O) groups is 3. The summed E-state index contributed by atoms with van der Waals surface area (Å²) in [5.41, 5.74) is -1.50. The Morgan fingerprint density at radius 1 is 1.20 bits per heavy atom. The smallest absolute Gasteiger partial charge is 0.359 e. The Balaban J connectivity index is 0.000000347. The van der Waals surface area contributed by atoms with Crippen LogP contribution in [0.25, 0.3) is 0 Å². The fraction of sp³-hybridized carbons (Fsp3) is 0.348. The van der Waals surface area contributed by atoms with Crippen LogP contribution in [0.5, 0.6) is 11.5 Å². The van der Waals surface area contributed by atoms with Gasteiger partial charge in [-0.2, -0.15) is 0 Å². The van der Waals surface area contributed by atoms with E-state index in [2.05, 4.69) is 5.32 Å². The highest BCUT2D eigenvalue weighted by Gasteiger charge is 2.78. The summed E-state index contributed by atoms with van der Waals surface area (Å²) in [6.45, 7) is 4.05. The molecule has 2 aromatic rings. The van der Waals surface area contributed by atoms with E-state index in [4.69, 9.17) is 9.47 Å². The lowest BCUT2D eigenvalue weighted by Crippen LogP contribution is -2.75. The third-order valence-electron chi connectivity index (χ3n) is 6.09. The summed E-state index contributed by atoms with van der Waals surface area (Å²) in [5.74, 6) is 0.183. The number of hydrogen-bond donors (Lipinski definition) is 1. The van der Waals surface area contributed by atoms with Crippen molar-refractivity contribution in [3.63, 3.8) is 0 Å². The number of benzene rings is 2. The number of hydrogen-bond acceptors (Lipinski definition) is 8. The molecule has 11 nitrogen and oxygen atoms in total. The van der Waals surface area contributed by atoms with Crippen molar-refractivity contribution in [1.29, 1.82) is 0 Å². The number of nitro groups is 1. The topological polar surface area (TPSA) is 154 Å². The molecule has 3 heterocycles. The molecule has 2 amide bonds. The lowest BCUT2D eigenvalue weighted by atomic mass is 9.89. The molecule has 2 fully saturated rings. The molecule has 0 radical (unpaired) electrons. The molecule has 5 rings (SSSR count). The van der Waals surface area contributed by atoms with E-state index in [1.807, 2.05) is 24.3 Å². The Kier molecular flexibility index (Phi) is 6.20. The molecule has 3 atom stereocenters. The van der Waals surface area contributed by atoms with Gasteiger partial charge in [-0.1, -0.05) is 12.1 Å². The molecule has 2 saturated heterocycles. The number of β-lactam (4-membered cyclic amide) rings is 1. The van der Waals surface area contributed by atoms with Gasteiger partial charge in [-0.25, -0.2) is 4.79 Å². The molecule has 0 aromatic heterocycles. The zero-order valence-electron chi connectivity index (χ0n) is 19.2. The third kappa shape index (κ3) is 4.19. The molecule has 184 valence electrons. The first kappa shape index (κ1) is 24.5. The van der Waals surface area contributed by atoms with Crippen LogP contribution in [-0.4, -0.2) is 47.9 Å². The van der Waals surface area contributed by atoms with Gasteiger partial charge >= 0.3 is 5.97 Å². The molecule has 12 heteroatoms. The van der Waals surface area contributed by atoms with E-state index in [1.165, 1.54) is 45.0 Å². The molecule has 2 aromatic carbocycles. The molecule has 0 aliphatic carbocycles. The molecule has 2 unspecified atom stereocenters. The van der Waals surface area contributed by atoms with Gasteiger partial charge in [-0.15, -0.1) is 0 Å². The number of rotatable bonds is 5. The summed E-state index contributed by atoms with van der Waals surface area (Å²) >= 11 is -1.59. The maximum atomic E-state index is 13.1. The lowest BCUT2D eigenvalue weighted by molar-refractivity contribution is -0.384. The molecule has 3 aliphatic heterocycles. The van der Waals surface area contributed by atoms with Gasteiger partial charge in [0.15, 0.2) is 16.2 Å². The molecular weight excluding hydrogens is 478 g/mol. The first-order valence-electron chi connectivity index (χ1n) is 10.7. The second kappa shape index (κ2) is 8.86. The summed E-state index contributed by atoms with van der Waals surface area (Å²) in [5, 5.41) is 12.6. The number of nitro benzene ring substituents is 1. The van der Waals surface area contributed by atoms with Crippen LogP contribution in [-0.2, 0) is 36.9 Å². The number of fused-ring (bicyclic) bond motifs is 2. The summed E-state index contributed by atoms with van der Waals surface area (Å²) in [4.78, 5) is 48.4. The number of nitrogens with one attached hydrogen (secondary N) is 1. The maximum absolute atomic E-state index is 13.1. The van der Waals surface area contributed by atoms with E-state index in [-0.39, 0.29) is 18.7 Å². The Hall–Kier alpha value is -3.64. The monoisotopic (exact) mass is 501 g/mol. The zero-order chi connectivity index (χ0) is 25.5. The minimum Gasteiger partial charge on any atom is -0.614 e. The standard InChI is InChI=1S/C17H19N3O7S.C6H4O/c1-10(21)18-17(16(2,3)28(26)14-8-13(22)19(14)17)15(23)27-9-11-4-6-12(7-5-11)20(24)25;1-2-4-6-5(3-1)7-6/h4-7,14H,8-9H2,1-3H3,(H,18,21);1-4H/t14-,17?,28?;/m1./s1. The highest BCUT2D eigenvalue weighted by molar-refractivity contribution is 7.93. The van der Waals surface area contributed by atoms with Crippen LogP contribution in [0.3, 0.4) is 0 Å². The number of para-hydroxylation sites is 2. The second-order valence-electron chi connectivity index (χ2n) is 8.67. The SMILES string of the molecule is CC(=O)NC1(C(=O)OCc2ccc([N+](=O)[O-])cc2)N2C(=O)C[C@H]2[S+]([O-])C1(C)C.c1ccc2c(c1)O2. The fourth-order valence-corrected chi connectivity index (χ4v) is 6.14. The van der Waals surface area contributed by atoms with Crippen LogP contribution < -0.4 is 10.1 Å². The highest BCUT2D eigenvalue weighted by atomic mass is 32.2. The molecule has 3 aliphatic rings. The maximum Gasteiger partial charge on any atom is 0.359 e. The number of amides is 2. The number of non-ortho nitro benzene ring substituents is 1. The molecule has 0 bridgehead atoms. The largest absolute Gasteiger partial charge is 0.614 e. The van der Waals surface area contributed by atoms with Gasteiger partial charge in [-0.05, 0) is 54.9 Å². The van der Waals surface area contributed by atoms with Crippen LogP contribution in [0.2, 0.25) is 0 Å². The van der Waals surface area contributed by atoms with E-state index >= 15 is 0 Å². The molecule has 35 heavy (non-hydrogen) atoms. The first-order chi connectivity index (χ1) is 16.5. The quantitative estimate of drug-likeness (QED) is 0.140. The number of nitrogens with zero attached hydrogens (tertiary/aromatic N) is 2. The summed E-state index contributed by atoms with van der Waals surface area (Å²) in [7, 11) is 0. The van der Waals surface area contributed by atoms with Crippen molar-refractivity contribution < 1.29 is 33.3 Å². The highest BCUT2D eigenvalue weighted by Crippen LogP contribution is 2.51. The van der Waals surface area contributed by atoms with Gasteiger partial charge in [0, 0.05) is 19.1 Å². The number of ether oxygens (including phenoxy) is 2. The van der Waals surface area contributed by atoms with Gasteiger partial charge in [-0.3, -0.25) is 24.6 Å². The molecular formula is C23H23N3O8S. The van der Waals surface area contributed by atoms with Gasteiger partial charge < -0.3 is 19.3 Å². The van der Waals surface area contributed by atoms with Crippen molar-refractivity contribution >= 4 is 34.6 Å². The summed E-state index contributed by atoms with van der Waals surface area (Å²) in [6, 6.07) is 13.3. The van der Waals surface area contributed by atoms with E-state index in [0.717, 1.165) is 16.4 Å². The molecule has 0 spiro atoms. The molecule has 0 saturated carbocycles. The fourth-order valence-electron chi connectivity index (χ4n) is 4.18. The van der Waals surface area contributed by atoms with Crippen molar-refractivity contribution in [3.8, 4) is 11.5 Å². The molecule has 1 N–H and O–H groups in total. The van der Waals surface area contributed by atoms with Crippen molar-refractivity contribution in [2.24, 2.45) is 0 Å². The third-order valence-corrected chi connectivity index (χ3v) is 8.26. The van der Waals surface area contributed by atoms with Gasteiger partial charge in [0.2, 0.25) is 17.2 Å². The van der Waals surface area contributed by atoms with Crippen LogP contribution in [0.1, 0.15) is 32.8 Å². The van der Waals surface area contributed by atoms with Crippen LogP contribution in [0, 0.1) is 10.1 Å². The summed E-state index contributed by atoms with van der Waals surface area (Å²) in [6.07, 6.45) is 0.0347. The zero-order valence-corrected chi connectivity index (χ0v) is 20.0. The van der Waals surface area contributed by atoms with Crippen LogP contribution in [0.4, 0.5) is 5.69 Å². The Morgan fingerprint density at radius 3 is 2.29 bits per heavy atom. The lowest BCUT2D eigenvalue weighted by Gasteiger charge is -2.43. The van der Waals surface area contributed by atoms with Crippen molar-refractivity contribution in [3.05, 3.63) is 64.2 Å². The number of esters is 1. The summed E-state index contributed by atoms with van der Waals surface area (Å²) < 4.78 is 21.8. The average Bonchev–Trinajstić information content (AvgIpc) is 3.57. The van der Waals surface area contributed by atoms with E-state index in [9.17, 15) is 29.1 Å². The van der Waals surface area contributed by atoms with Crippen molar-refractivity contribution in [2.75, 3.05) is 0 Å². The van der Waals surface area contributed by atoms with Crippen molar-refractivity contribution in [1.82, 2.24) is 10.2 Å². The predicted octanol–water partition coefficient (Wildman–Crippen LogP) is 2.36. The van der Waals surface area contributed by atoms with Gasteiger partial charge in [0.05, 0.1) is 11.3 Å². The van der Waals surface area contributed by atoms with Gasteiger partial charge in [0.25, 0.3) is 11.4 Å². The minimum atomic E-state index is -1.88. The first-order valence-corrected chi connectivity index (χ1v) is 11.9. The average molecular weight is 502 g/mol. The van der Waals surface area contributed by atoms with Crippen LogP contribution >= 0.6 is 0 Å². The number of carbonyl (C=O) groups excluding carboxylic acids is 3. The van der Waals surface area contributed by atoms with Crippen molar-refractivity contribution in [2.45, 2.75) is 49.6 Å². The van der Waals surface area contributed by atoms with E-state index < -0.39 is 49.7 Å². The Labute approximate surface area is 203 Å². The predicted molar refractivity (Wildman–Crippen MR) is 123 cm³/mol.